The fraction of sp³-hybridized carbons (Fsp3) is 0.643. The van der Waals surface area contributed by atoms with Gasteiger partial charge >= 0.3 is 0 Å². The van der Waals surface area contributed by atoms with E-state index in [-0.39, 0.29) is 28.4 Å². The van der Waals surface area contributed by atoms with Crippen molar-refractivity contribution in [2.45, 2.75) is 51.6 Å². The summed E-state index contributed by atoms with van der Waals surface area (Å²) in [5.41, 5.74) is 5.62. The summed E-state index contributed by atoms with van der Waals surface area (Å²) in [6, 6.07) is 0.196. The molecule has 6 nitrogen and oxygen atoms in total. The van der Waals surface area contributed by atoms with Crippen LogP contribution >= 0.6 is 11.6 Å². The zero-order chi connectivity index (χ0) is 15.4. The minimum Gasteiger partial charge on any atom is -0.380 e. The van der Waals surface area contributed by atoms with Crippen LogP contribution in [0.2, 0.25) is 5.02 Å². The first-order valence-electron chi connectivity index (χ1n) is 7.34. The van der Waals surface area contributed by atoms with Crippen molar-refractivity contribution in [1.82, 2.24) is 9.78 Å². The molecule has 0 aliphatic heterocycles. The number of aryl methyl sites for hydroxylation is 1. The van der Waals surface area contributed by atoms with E-state index in [1.165, 1.54) is 4.68 Å². The molecule has 1 saturated carbocycles. The fourth-order valence-electron chi connectivity index (χ4n) is 2.68. The van der Waals surface area contributed by atoms with Crippen LogP contribution in [0.3, 0.4) is 0 Å². The predicted molar refractivity (Wildman–Crippen MR) is 82.4 cm³/mol. The first-order valence-corrected chi connectivity index (χ1v) is 7.72. The molecule has 1 amide bonds. The third-order valence-electron chi connectivity index (χ3n) is 3.91. The van der Waals surface area contributed by atoms with Crippen LogP contribution in [0.25, 0.3) is 0 Å². The molecule has 2 rings (SSSR count). The summed E-state index contributed by atoms with van der Waals surface area (Å²) in [5.74, 6) is -0.260. The summed E-state index contributed by atoms with van der Waals surface area (Å²) in [6.07, 6.45) is 5.63. The highest BCUT2D eigenvalue weighted by molar-refractivity contribution is 6.32. The van der Waals surface area contributed by atoms with Gasteiger partial charge in [-0.05, 0) is 32.1 Å². The Morgan fingerprint density at radius 3 is 2.71 bits per heavy atom. The van der Waals surface area contributed by atoms with Gasteiger partial charge < -0.3 is 11.1 Å². The molecule has 0 spiro atoms. The minimum atomic E-state index is -0.269. The summed E-state index contributed by atoms with van der Waals surface area (Å²) >= 11 is 6.12. The Labute approximate surface area is 128 Å². The Bertz CT molecular complexity index is 565. The molecule has 1 aromatic heterocycles. The van der Waals surface area contributed by atoms with E-state index in [9.17, 15) is 9.59 Å². The number of amides is 1. The molecular weight excluding hydrogens is 292 g/mol. The number of carbonyl (C=O) groups is 1. The maximum absolute atomic E-state index is 12.0. The Morgan fingerprint density at radius 1 is 1.48 bits per heavy atom. The third-order valence-corrected chi connectivity index (χ3v) is 4.27. The molecule has 0 saturated heterocycles. The molecule has 0 aromatic carbocycles. The fourth-order valence-corrected chi connectivity index (χ4v) is 2.88. The van der Waals surface area contributed by atoms with Crippen molar-refractivity contribution in [2.24, 2.45) is 11.7 Å². The molecule has 1 aliphatic rings. The van der Waals surface area contributed by atoms with Gasteiger partial charge in [-0.2, -0.15) is 5.10 Å². The largest absolute Gasteiger partial charge is 0.380 e. The molecule has 3 N–H and O–H groups in total. The molecule has 0 radical (unpaired) electrons. The number of halogens is 1. The van der Waals surface area contributed by atoms with Gasteiger partial charge in [-0.1, -0.05) is 18.5 Å². The summed E-state index contributed by atoms with van der Waals surface area (Å²) in [4.78, 5) is 23.2. The quantitative estimate of drug-likeness (QED) is 0.867. The molecule has 116 valence electrons. The first-order chi connectivity index (χ1) is 10.0. The standard InChI is InChI=1S/C14H21ClN4O2/c1-2-7-19-14(21)12(15)11(8-17-19)18-10-5-3-9(4-6-10)13(16)20/h8-10,18H,2-7H2,1H3,(H2,16,20). The number of nitrogens with two attached hydrogens (primary N) is 1. The molecule has 1 fully saturated rings. The van der Waals surface area contributed by atoms with E-state index in [4.69, 9.17) is 17.3 Å². The average Bonchev–Trinajstić information content (AvgIpc) is 2.47. The molecule has 1 aliphatic carbocycles. The lowest BCUT2D eigenvalue weighted by atomic mass is 9.85. The Balaban J connectivity index is 2.03. The van der Waals surface area contributed by atoms with Crippen LogP contribution in [-0.4, -0.2) is 21.7 Å². The van der Waals surface area contributed by atoms with Gasteiger partial charge in [-0.3, -0.25) is 9.59 Å². The van der Waals surface area contributed by atoms with Crippen molar-refractivity contribution in [3.8, 4) is 0 Å². The van der Waals surface area contributed by atoms with Gasteiger partial charge in [0.05, 0.1) is 11.9 Å². The molecule has 1 aromatic rings. The Hall–Kier alpha value is -1.56. The number of anilines is 1. The highest BCUT2D eigenvalue weighted by Crippen LogP contribution is 2.27. The topological polar surface area (TPSA) is 90.0 Å². The number of rotatable bonds is 5. The van der Waals surface area contributed by atoms with Crippen LogP contribution in [0, 0.1) is 5.92 Å². The molecule has 0 bridgehead atoms. The molecule has 21 heavy (non-hydrogen) atoms. The minimum absolute atomic E-state index is 0.0331. The second-order valence-electron chi connectivity index (χ2n) is 5.50. The van der Waals surface area contributed by atoms with Gasteiger partial charge in [0.25, 0.3) is 5.56 Å². The maximum atomic E-state index is 12.0. The second kappa shape index (κ2) is 6.93. The van der Waals surface area contributed by atoms with E-state index in [2.05, 4.69) is 10.4 Å². The lowest BCUT2D eigenvalue weighted by molar-refractivity contribution is -0.122. The number of primary amides is 1. The van der Waals surface area contributed by atoms with Gasteiger partial charge in [0, 0.05) is 18.5 Å². The van der Waals surface area contributed by atoms with Crippen LogP contribution in [0.1, 0.15) is 39.0 Å². The lowest BCUT2D eigenvalue weighted by Gasteiger charge is -2.28. The van der Waals surface area contributed by atoms with Gasteiger partial charge in [0.1, 0.15) is 5.02 Å². The van der Waals surface area contributed by atoms with Crippen LogP contribution in [0.4, 0.5) is 5.69 Å². The van der Waals surface area contributed by atoms with Crippen LogP contribution in [-0.2, 0) is 11.3 Å². The van der Waals surface area contributed by atoms with Gasteiger partial charge in [-0.15, -0.1) is 0 Å². The molecule has 1 heterocycles. The van der Waals surface area contributed by atoms with Crippen molar-refractivity contribution < 1.29 is 4.79 Å². The maximum Gasteiger partial charge on any atom is 0.287 e. The van der Waals surface area contributed by atoms with E-state index < -0.39 is 0 Å². The third kappa shape index (κ3) is 3.75. The summed E-state index contributed by atoms with van der Waals surface area (Å²) in [6.45, 7) is 2.54. The van der Waals surface area contributed by atoms with Gasteiger partial charge in [0.15, 0.2) is 0 Å². The highest BCUT2D eigenvalue weighted by atomic mass is 35.5. The van der Waals surface area contributed by atoms with Crippen molar-refractivity contribution >= 4 is 23.2 Å². The van der Waals surface area contributed by atoms with Crippen LogP contribution < -0.4 is 16.6 Å². The van der Waals surface area contributed by atoms with E-state index >= 15 is 0 Å². The van der Waals surface area contributed by atoms with Crippen LogP contribution in [0.5, 0.6) is 0 Å². The Kier molecular flexibility index (Phi) is 5.22. The van der Waals surface area contributed by atoms with Gasteiger partial charge in [0.2, 0.25) is 5.91 Å². The average molecular weight is 313 g/mol. The summed E-state index contributed by atoms with van der Waals surface area (Å²) in [5, 5.41) is 7.56. The van der Waals surface area contributed by atoms with E-state index in [1.54, 1.807) is 6.20 Å². The van der Waals surface area contributed by atoms with Crippen LogP contribution in [0.15, 0.2) is 11.0 Å². The zero-order valence-electron chi connectivity index (χ0n) is 12.1. The highest BCUT2D eigenvalue weighted by Gasteiger charge is 2.25. The van der Waals surface area contributed by atoms with Crippen molar-refractivity contribution in [2.75, 3.05) is 5.32 Å². The van der Waals surface area contributed by atoms with Crippen molar-refractivity contribution in [1.29, 1.82) is 0 Å². The number of aromatic nitrogens is 2. The summed E-state index contributed by atoms with van der Waals surface area (Å²) < 4.78 is 1.37. The van der Waals surface area contributed by atoms with Crippen molar-refractivity contribution in [3.63, 3.8) is 0 Å². The van der Waals surface area contributed by atoms with E-state index in [0.29, 0.717) is 12.2 Å². The number of carbonyl (C=O) groups excluding carboxylic acids is 1. The normalized spacial score (nSPS) is 22.0. The number of hydrogen-bond donors (Lipinski definition) is 2. The van der Waals surface area contributed by atoms with Gasteiger partial charge in [-0.25, -0.2) is 4.68 Å². The first kappa shape index (κ1) is 15.8. The predicted octanol–water partition coefficient (Wildman–Crippen LogP) is 1.76. The lowest BCUT2D eigenvalue weighted by Crippen LogP contribution is -2.33. The Morgan fingerprint density at radius 2 is 2.14 bits per heavy atom. The molecular formula is C14H21ClN4O2. The SMILES string of the molecule is CCCn1ncc(NC2CCC(C(N)=O)CC2)c(Cl)c1=O. The summed E-state index contributed by atoms with van der Waals surface area (Å²) in [7, 11) is 0. The molecule has 0 unspecified atom stereocenters. The zero-order valence-corrected chi connectivity index (χ0v) is 12.9. The molecule has 7 heteroatoms. The second-order valence-corrected chi connectivity index (χ2v) is 5.87. The van der Waals surface area contributed by atoms with E-state index in [0.717, 1.165) is 32.1 Å². The van der Waals surface area contributed by atoms with Crippen molar-refractivity contribution in [3.05, 3.63) is 21.6 Å². The number of nitrogens with one attached hydrogen (secondary N) is 1. The monoisotopic (exact) mass is 312 g/mol. The smallest absolute Gasteiger partial charge is 0.287 e. The number of nitrogens with zero attached hydrogens (tertiary/aromatic N) is 2. The number of hydrogen-bond acceptors (Lipinski definition) is 4. The molecule has 0 atom stereocenters. The van der Waals surface area contributed by atoms with E-state index in [1.807, 2.05) is 6.92 Å².